The molecule has 0 unspecified atom stereocenters. The van der Waals surface area contributed by atoms with Crippen molar-refractivity contribution in [2.45, 2.75) is 50.7 Å². The molecule has 0 radical (unpaired) electrons. The van der Waals surface area contributed by atoms with Crippen molar-refractivity contribution >= 4 is 22.6 Å². The maximum absolute atomic E-state index is 5.91. The quantitative estimate of drug-likeness (QED) is 0.539. The van der Waals surface area contributed by atoms with Crippen molar-refractivity contribution in [3.8, 4) is 0 Å². The number of ether oxygens (including phenoxy) is 2. The van der Waals surface area contributed by atoms with Crippen molar-refractivity contribution in [1.82, 2.24) is 0 Å². The highest BCUT2D eigenvalue weighted by Crippen LogP contribution is 2.55. The van der Waals surface area contributed by atoms with Gasteiger partial charge in [0.05, 0.1) is 13.2 Å². The van der Waals surface area contributed by atoms with Crippen LogP contribution in [0.3, 0.4) is 0 Å². The van der Waals surface area contributed by atoms with Crippen LogP contribution in [-0.2, 0) is 9.47 Å². The topological polar surface area (TPSA) is 18.5 Å². The van der Waals surface area contributed by atoms with E-state index in [0.717, 1.165) is 25.6 Å². The van der Waals surface area contributed by atoms with E-state index < -0.39 is 0 Å². The molecule has 2 aliphatic carbocycles. The van der Waals surface area contributed by atoms with E-state index in [9.17, 15) is 0 Å². The molecule has 1 heterocycles. The number of alkyl halides is 1. The highest BCUT2D eigenvalue weighted by atomic mass is 127. The highest BCUT2D eigenvalue weighted by Gasteiger charge is 2.50. The van der Waals surface area contributed by atoms with Gasteiger partial charge < -0.3 is 9.47 Å². The molecule has 3 heteroatoms. The van der Waals surface area contributed by atoms with E-state index >= 15 is 0 Å². The van der Waals surface area contributed by atoms with Crippen LogP contribution in [0.4, 0.5) is 0 Å². The van der Waals surface area contributed by atoms with E-state index in [0.29, 0.717) is 5.41 Å². The second-order valence-corrected chi connectivity index (χ2v) is 6.78. The van der Waals surface area contributed by atoms with Crippen LogP contribution in [0.5, 0.6) is 0 Å². The van der Waals surface area contributed by atoms with E-state index in [2.05, 4.69) is 22.6 Å². The molecule has 92 valence electrons. The van der Waals surface area contributed by atoms with Crippen LogP contribution < -0.4 is 0 Å². The van der Waals surface area contributed by atoms with E-state index in [1.54, 1.807) is 0 Å². The van der Waals surface area contributed by atoms with Crippen LogP contribution in [0.2, 0.25) is 0 Å². The van der Waals surface area contributed by atoms with Gasteiger partial charge in [0.1, 0.15) is 0 Å². The van der Waals surface area contributed by atoms with Gasteiger partial charge in [0.15, 0.2) is 5.79 Å². The lowest BCUT2D eigenvalue weighted by Crippen LogP contribution is -2.41. The molecule has 1 aliphatic heterocycles. The van der Waals surface area contributed by atoms with E-state index in [-0.39, 0.29) is 5.79 Å². The first-order valence-electron chi connectivity index (χ1n) is 6.60. The van der Waals surface area contributed by atoms with Crippen LogP contribution >= 0.6 is 22.6 Å². The molecule has 3 fully saturated rings. The Bertz CT molecular complexity index is 263. The third kappa shape index (κ3) is 2.03. The third-order valence-electron chi connectivity index (χ3n) is 4.75. The Labute approximate surface area is 112 Å². The Kier molecular flexibility index (Phi) is 3.22. The fourth-order valence-electron chi connectivity index (χ4n) is 4.07. The molecule has 0 aromatic rings. The Morgan fingerprint density at radius 2 is 1.94 bits per heavy atom. The Hall–Kier alpha value is 0.650. The number of halogens is 1. The van der Waals surface area contributed by atoms with Crippen molar-refractivity contribution in [3.05, 3.63) is 0 Å². The molecule has 2 nitrogen and oxygen atoms in total. The Balaban J connectivity index is 1.72. The van der Waals surface area contributed by atoms with Crippen molar-refractivity contribution in [2.75, 3.05) is 17.6 Å². The first-order chi connectivity index (χ1) is 7.76. The normalized spacial score (nSPS) is 42.2. The summed E-state index contributed by atoms with van der Waals surface area (Å²) in [5.41, 5.74) is 0.568. The van der Waals surface area contributed by atoms with Gasteiger partial charge in [-0.25, -0.2) is 0 Å². The molecule has 2 spiro atoms. The largest absolute Gasteiger partial charge is 0.348 e. The average Bonchev–Trinajstić information content (AvgIpc) is 2.87. The lowest BCUT2D eigenvalue weighted by molar-refractivity contribution is -0.201. The zero-order chi connectivity index (χ0) is 11.1. The second kappa shape index (κ2) is 4.39. The van der Waals surface area contributed by atoms with E-state index in [4.69, 9.17) is 9.47 Å². The maximum atomic E-state index is 5.91. The van der Waals surface area contributed by atoms with Gasteiger partial charge in [-0.3, -0.25) is 0 Å². The monoisotopic (exact) mass is 336 g/mol. The number of hydrogen-bond acceptors (Lipinski definition) is 2. The van der Waals surface area contributed by atoms with Crippen molar-refractivity contribution in [1.29, 1.82) is 0 Å². The smallest absolute Gasteiger partial charge is 0.169 e. The van der Waals surface area contributed by atoms with Crippen molar-refractivity contribution in [3.63, 3.8) is 0 Å². The molecular weight excluding hydrogens is 315 g/mol. The van der Waals surface area contributed by atoms with Crippen LogP contribution in [0.1, 0.15) is 44.9 Å². The Morgan fingerprint density at radius 3 is 2.62 bits per heavy atom. The third-order valence-corrected chi connectivity index (χ3v) is 5.99. The molecule has 3 aliphatic rings. The van der Waals surface area contributed by atoms with Gasteiger partial charge in [-0.15, -0.1) is 0 Å². The molecule has 0 N–H and O–H groups in total. The number of rotatable bonds is 1. The molecule has 0 aromatic heterocycles. The van der Waals surface area contributed by atoms with Gasteiger partial charge in [-0.05, 0) is 43.4 Å². The molecule has 0 aromatic carbocycles. The van der Waals surface area contributed by atoms with E-state index in [1.807, 2.05) is 0 Å². The first kappa shape index (κ1) is 11.7. The van der Waals surface area contributed by atoms with E-state index in [1.165, 1.54) is 43.0 Å². The molecule has 2 atom stereocenters. The van der Waals surface area contributed by atoms with Gasteiger partial charge in [0.2, 0.25) is 0 Å². The summed E-state index contributed by atoms with van der Waals surface area (Å²) in [6.07, 6.45) is 9.28. The van der Waals surface area contributed by atoms with Crippen LogP contribution in [0.25, 0.3) is 0 Å². The highest BCUT2D eigenvalue weighted by molar-refractivity contribution is 14.1. The summed E-state index contributed by atoms with van der Waals surface area (Å²) in [5.74, 6) is 0.787. The minimum Gasteiger partial charge on any atom is -0.348 e. The molecule has 1 saturated heterocycles. The predicted octanol–water partition coefficient (Wildman–Crippen LogP) is 3.53. The average molecular weight is 336 g/mol. The van der Waals surface area contributed by atoms with Crippen molar-refractivity contribution in [2.24, 2.45) is 11.3 Å². The summed E-state index contributed by atoms with van der Waals surface area (Å²) < 4.78 is 13.2. The van der Waals surface area contributed by atoms with Crippen LogP contribution in [-0.4, -0.2) is 23.4 Å². The zero-order valence-electron chi connectivity index (χ0n) is 9.84. The zero-order valence-corrected chi connectivity index (χ0v) is 12.0. The lowest BCUT2D eigenvalue weighted by Gasteiger charge is -2.43. The van der Waals surface area contributed by atoms with Gasteiger partial charge in [0, 0.05) is 17.3 Å². The van der Waals surface area contributed by atoms with Gasteiger partial charge in [-0.1, -0.05) is 22.6 Å². The fraction of sp³-hybridized carbons (Fsp3) is 1.00. The van der Waals surface area contributed by atoms with Crippen LogP contribution in [0.15, 0.2) is 0 Å². The SMILES string of the molecule is IC[C@@H]1CC[C@@]2(CCCC3(C2)OCCO3)C1. The van der Waals surface area contributed by atoms with Gasteiger partial charge >= 0.3 is 0 Å². The first-order valence-corrected chi connectivity index (χ1v) is 8.12. The summed E-state index contributed by atoms with van der Waals surface area (Å²) in [7, 11) is 0. The van der Waals surface area contributed by atoms with Gasteiger partial charge in [-0.2, -0.15) is 0 Å². The molecule has 2 saturated carbocycles. The summed E-state index contributed by atoms with van der Waals surface area (Å²) in [4.78, 5) is 0. The molecular formula is C13H21IO2. The van der Waals surface area contributed by atoms with Gasteiger partial charge in [0.25, 0.3) is 0 Å². The summed E-state index contributed by atoms with van der Waals surface area (Å²) >= 11 is 2.55. The minimum absolute atomic E-state index is 0.168. The molecule has 0 bridgehead atoms. The predicted molar refractivity (Wildman–Crippen MR) is 71.8 cm³/mol. The summed E-state index contributed by atoms with van der Waals surface area (Å²) in [6.45, 7) is 1.62. The lowest BCUT2D eigenvalue weighted by atomic mass is 9.70. The number of hydrogen-bond donors (Lipinski definition) is 0. The molecule has 0 amide bonds. The summed E-state index contributed by atoms with van der Waals surface area (Å²) in [6, 6.07) is 0. The summed E-state index contributed by atoms with van der Waals surface area (Å²) in [5, 5.41) is 0. The van der Waals surface area contributed by atoms with Crippen LogP contribution in [0, 0.1) is 11.3 Å². The molecule has 16 heavy (non-hydrogen) atoms. The minimum atomic E-state index is -0.168. The second-order valence-electron chi connectivity index (χ2n) is 5.90. The Morgan fingerprint density at radius 1 is 1.12 bits per heavy atom. The fourth-order valence-corrected chi connectivity index (χ4v) is 4.82. The van der Waals surface area contributed by atoms with Crippen molar-refractivity contribution < 1.29 is 9.47 Å². The standard InChI is InChI=1S/C13H21IO2/c14-9-11-2-5-12(8-11)3-1-4-13(10-12)15-6-7-16-13/h11H,1-10H2/t11-,12+/m1/s1. The maximum Gasteiger partial charge on any atom is 0.169 e. The molecule has 3 rings (SSSR count).